The lowest BCUT2D eigenvalue weighted by molar-refractivity contribution is 0.575. The van der Waals surface area contributed by atoms with E-state index in [9.17, 15) is 5.26 Å². The fourth-order valence-corrected chi connectivity index (χ4v) is 2.01. The van der Waals surface area contributed by atoms with Crippen LogP contribution in [0.25, 0.3) is 0 Å². The molecule has 1 atom stereocenters. The molecule has 6 heteroatoms. The topological polar surface area (TPSA) is 110 Å². The molecule has 0 aromatic heterocycles. The molecule has 6 nitrogen and oxygen atoms in total. The summed E-state index contributed by atoms with van der Waals surface area (Å²) in [6.07, 6.45) is 1.78. The Hall–Kier alpha value is -2.99. The monoisotopic (exact) mass is 252 g/mol. The highest BCUT2D eigenvalue weighted by atomic mass is 15.2. The highest BCUT2D eigenvalue weighted by Crippen LogP contribution is 2.35. The summed E-state index contributed by atoms with van der Waals surface area (Å²) in [5, 5.41) is 23.1. The third-order valence-electron chi connectivity index (χ3n) is 2.97. The van der Waals surface area contributed by atoms with Gasteiger partial charge in [-0.1, -0.05) is 30.3 Å². The Morgan fingerprint density at radius 3 is 2.58 bits per heavy atom. The summed E-state index contributed by atoms with van der Waals surface area (Å²) in [7, 11) is 0. The van der Waals surface area contributed by atoms with E-state index in [4.69, 9.17) is 11.0 Å². The van der Waals surface area contributed by atoms with Crippen molar-refractivity contribution in [1.29, 1.82) is 10.5 Å². The molecule has 0 bridgehead atoms. The van der Waals surface area contributed by atoms with Gasteiger partial charge in [-0.15, -0.1) is 0 Å². The van der Waals surface area contributed by atoms with Crippen LogP contribution in [0, 0.1) is 22.8 Å². The van der Waals surface area contributed by atoms with Gasteiger partial charge in [-0.2, -0.15) is 10.5 Å². The number of nitrogens with two attached hydrogens (primary N) is 1. The van der Waals surface area contributed by atoms with Gasteiger partial charge < -0.3 is 11.1 Å². The molecule has 0 aliphatic carbocycles. The van der Waals surface area contributed by atoms with Crippen molar-refractivity contribution < 1.29 is 0 Å². The molecule has 0 spiro atoms. The van der Waals surface area contributed by atoms with Crippen molar-refractivity contribution in [3.05, 3.63) is 47.3 Å². The van der Waals surface area contributed by atoms with E-state index < -0.39 is 5.54 Å². The van der Waals surface area contributed by atoms with Crippen molar-refractivity contribution in [3.8, 4) is 12.3 Å². The van der Waals surface area contributed by atoms with Gasteiger partial charge in [0.25, 0.3) is 0 Å². The molecule has 1 aliphatic rings. The second-order valence-electron chi connectivity index (χ2n) is 4.16. The van der Waals surface area contributed by atoms with Gasteiger partial charge in [0.1, 0.15) is 23.0 Å². The summed E-state index contributed by atoms with van der Waals surface area (Å²) < 4.78 is 0. The zero-order valence-electron chi connectivity index (χ0n) is 10.3. The number of rotatable bonds is 1. The molecular weight excluding hydrogens is 240 g/mol. The smallest absolute Gasteiger partial charge is 0.211 e. The van der Waals surface area contributed by atoms with Crippen molar-refractivity contribution in [1.82, 2.24) is 10.6 Å². The highest BCUT2D eigenvalue weighted by Gasteiger charge is 2.36. The molecule has 19 heavy (non-hydrogen) atoms. The van der Waals surface area contributed by atoms with Crippen LogP contribution in [-0.2, 0) is 5.54 Å². The standard InChI is InChI=1S/C13H12N6/c1-13(9-5-3-2-4-6-9)10(7-14)11(16)18-12(19-13)17-8-15/h2-6H,16H2,1H3,(H2,17,18,19). The molecule has 94 valence electrons. The summed E-state index contributed by atoms with van der Waals surface area (Å²) in [5.74, 6) is 0.423. The van der Waals surface area contributed by atoms with Crippen LogP contribution in [0.2, 0.25) is 0 Å². The molecule has 0 fully saturated rings. The molecule has 1 aliphatic heterocycles. The number of aliphatic imine (C=N–C) groups is 1. The molecule has 1 unspecified atom stereocenters. The van der Waals surface area contributed by atoms with Crippen molar-refractivity contribution in [2.75, 3.05) is 0 Å². The SMILES string of the molecule is CC1(c2ccccc2)N=C(NC#N)NC(N)=C1C#N. The van der Waals surface area contributed by atoms with Crippen LogP contribution in [0.5, 0.6) is 0 Å². The number of hydrogen-bond donors (Lipinski definition) is 3. The van der Waals surface area contributed by atoms with Crippen molar-refractivity contribution in [2.45, 2.75) is 12.5 Å². The average Bonchev–Trinajstić information content (AvgIpc) is 2.40. The Kier molecular flexibility index (Phi) is 3.09. The number of guanidine groups is 1. The van der Waals surface area contributed by atoms with E-state index in [1.807, 2.05) is 30.3 Å². The molecular formula is C13H12N6. The summed E-state index contributed by atoms with van der Waals surface area (Å²) in [6, 6.07) is 11.4. The van der Waals surface area contributed by atoms with Crippen molar-refractivity contribution >= 4 is 5.96 Å². The molecule has 4 N–H and O–H groups in total. The van der Waals surface area contributed by atoms with E-state index in [-0.39, 0.29) is 11.8 Å². The van der Waals surface area contributed by atoms with E-state index >= 15 is 0 Å². The van der Waals surface area contributed by atoms with Gasteiger partial charge in [0.2, 0.25) is 5.96 Å². The minimum absolute atomic E-state index is 0.196. The number of benzene rings is 1. The maximum Gasteiger partial charge on any atom is 0.211 e. The Labute approximate surface area is 110 Å². The highest BCUT2D eigenvalue weighted by molar-refractivity contribution is 5.85. The quantitative estimate of drug-likeness (QED) is 0.501. The van der Waals surface area contributed by atoms with Gasteiger partial charge in [-0.3, -0.25) is 5.32 Å². The minimum Gasteiger partial charge on any atom is -0.384 e. The molecule has 0 saturated carbocycles. The van der Waals surface area contributed by atoms with Crippen molar-refractivity contribution in [3.63, 3.8) is 0 Å². The lowest BCUT2D eigenvalue weighted by Crippen LogP contribution is -2.45. The van der Waals surface area contributed by atoms with Crippen LogP contribution in [0.15, 0.2) is 46.7 Å². The lowest BCUT2D eigenvalue weighted by Gasteiger charge is -2.31. The van der Waals surface area contributed by atoms with Crippen LogP contribution in [-0.4, -0.2) is 5.96 Å². The number of nitriles is 2. The maximum absolute atomic E-state index is 9.29. The number of nitrogens with zero attached hydrogens (tertiary/aromatic N) is 3. The van der Waals surface area contributed by atoms with Crippen molar-refractivity contribution in [2.24, 2.45) is 10.7 Å². The largest absolute Gasteiger partial charge is 0.384 e. The van der Waals surface area contributed by atoms with Crippen LogP contribution in [0.1, 0.15) is 12.5 Å². The van der Waals surface area contributed by atoms with E-state index in [1.54, 1.807) is 13.1 Å². The first-order chi connectivity index (χ1) is 9.11. The number of nitrogens with one attached hydrogen (secondary N) is 2. The van der Waals surface area contributed by atoms with Gasteiger partial charge in [0.15, 0.2) is 6.19 Å². The van der Waals surface area contributed by atoms with Crippen LogP contribution < -0.4 is 16.4 Å². The van der Waals surface area contributed by atoms with E-state index in [0.29, 0.717) is 5.57 Å². The zero-order chi connectivity index (χ0) is 13.9. The Balaban J connectivity index is 2.59. The minimum atomic E-state index is -0.912. The van der Waals surface area contributed by atoms with E-state index in [0.717, 1.165) is 5.56 Å². The summed E-state index contributed by atoms with van der Waals surface area (Å²) in [5.41, 5.74) is 6.08. The molecule has 2 rings (SSSR count). The molecule has 1 heterocycles. The predicted octanol–water partition coefficient (Wildman–Crippen LogP) is 0.626. The van der Waals surface area contributed by atoms with Crippen LogP contribution >= 0.6 is 0 Å². The Bertz CT molecular complexity index is 631. The first kappa shape index (κ1) is 12.5. The van der Waals surface area contributed by atoms with Gasteiger partial charge in [0.05, 0.1) is 0 Å². The third kappa shape index (κ3) is 2.07. The van der Waals surface area contributed by atoms with Gasteiger partial charge in [0, 0.05) is 0 Å². The zero-order valence-corrected chi connectivity index (χ0v) is 10.3. The molecule has 0 saturated heterocycles. The molecule has 1 aromatic rings. The molecule has 1 aromatic carbocycles. The average molecular weight is 252 g/mol. The fourth-order valence-electron chi connectivity index (χ4n) is 2.01. The first-order valence-electron chi connectivity index (χ1n) is 5.59. The summed E-state index contributed by atoms with van der Waals surface area (Å²) in [4.78, 5) is 4.39. The summed E-state index contributed by atoms with van der Waals surface area (Å²) in [6.45, 7) is 1.79. The summed E-state index contributed by atoms with van der Waals surface area (Å²) >= 11 is 0. The second kappa shape index (κ2) is 4.71. The molecule has 0 amide bonds. The first-order valence-corrected chi connectivity index (χ1v) is 5.59. The molecule has 0 radical (unpaired) electrons. The van der Waals surface area contributed by atoms with Crippen LogP contribution in [0.4, 0.5) is 0 Å². The fraction of sp³-hybridized carbons (Fsp3) is 0.154. The van der Waals surface area contributed by atoms with E-state index in [1.165, 1.54) is 0 Å². The Morgan fingerprint density at radius 2 is 2.00 bits per heavy atom. The normalized spacial score (nSPS) is 21.7. The second-order valence-corrected chi connectivity index (χ2v) is 4.16. The van der Waals surface area contributed by atoms with Gasteiger partial charge in [-0.05, 0) is 12.5 Å². The van der Waals surface area contributed by atoms with Gasteiger partial charge >= 0.3 is 0 Å². The van der Waals surface area contributed by atoms with E-state index in [2.05, 4.69) is 21.7 Å². The lowest BCUT2D eigenvalue weighted by atomic mass is 9.84. The maximum atomic E-state index is 9.29. The van der Waals surface area contributed by atoms with Gasteiger partial charge in [-0.25, -0.2) is 4.99 Å². The van der Waals surface area contributed by atoms with Crippen LogP contribution in [0.3, 0.4) is 0 Å². The third-order valence-corrected chi connectivity index (χ3v) is 2.97. The number of hydrogen-bond acceptors (Lipinski definition) is 6. The Morgan fingerprint density at radius 1 is 1.32 bits per heavy atom. The predicted molar refractivity (Wildman–Crippen MR) is 69.9 cm³/mol.